The molecule has 0 spiro atoms. The Balaban J connectivity index is 1.70. The van der Waals surface area contributed by atoms with Gasteiger partial charge in [0.25, 0.3) is 0 Å². The second-order valence-electron chi connectivity index (χ2n) is 9.99. The van der Waals surface area contributed by atoms with E-state index in [0.29, 0.717) is 37.4 Å². The van der Waals surface area contributed by atoms with Crippen molar-refractivity contribution in [3.8, 4) is 0 Å². The van der Waals surface area contributed by atoms with Gasteiger partial charge in [-0.05, 0) is 67.6 Å². The molecule has 0 aromatic carbocycles. The van der Waals surface area contributed by atoms with E-state index in [1.807, 2.05) is 6.92 Å². The van der Waals surface area contributed by atoms with Crippen LogP contribution in [0.2, 0.25) is 0 Å². The number of aliphatic hydroxyl groups excluding tert-OH is 2. The number of hydrogen-bond donors (Lipinski definition) is 3. The van der Waals surface area contributed by atoms with Gasteiger partial charge in [-0.3, -0.25) is 9.59 Å². The molecule has 26 heavy (non-hydrogen) atoms. The van der Waals surface area contributed by atoms with Crippen molar-refractivity contribution in [3.05, 3.63) is 0 Å². The first-order valence-corrected chi connectivity index (χ1v) is 10.2. The third-order valence-corrected chi connectivity index (χ3v) is 9.17. The Morgan fingerprint density at radius 2 is 1.92 bits per heavy atom. The Labute approximate surface area is 155 Å². The fraction of sp³-hybridized carbons (Fsp3) is 0.905. The van der Waals surface area contributed by atoms with Crippen LogP contribution >= 0.6 is 0 Å². The van der Waals surface area contributed by atoms with E-state index in [2.05, 4.69) is 6.92 Å². The average molecular weight is 364 g/mol. The van der Waals surface area contributed by atoms with Crippen molar-refractivity contribution in [2.24, 2.45) is 34.5 Å². The van der Waals surface area contributed by atoms with E-state index in [-0.39, 0.29) is 23.2 Å². The molecule has 0 saturated heterocycles. The summed E-state index contributed by atoms with van der Waals surface area (Å²) in [6, 6.07) is 0. The number of aliphatic hydroxyl groups is 3. The lowest BCUT2D eigenvalue weighted by atomic mass is 9.43. The molecule has 4 aliphatic carbocycles. The van der Waals surface area contributed by atoms with Gasteiger partial charge in [-0.2, -0.15) is 0 Å². The molecule has 0 aliphatic heterocycles. The summed E-state index contributed by atoms with van der Waals surface area (Å²) in [7, 11) is 0. The van der Waals surface area contributed by atoms with E-state index in [0.717, 1.165) is 25.7 Å². The summed E-state index contributed by atoms with van der Waals surface area (Å²) in [6.45, 7) is 3.55. The highest BCUT2D eigenvalue weighted by Gasteiger charge is 2.68. The van der Waals surface area contributed by atoms with Gasteiger partial charge in [-0.25, -0.2) is 0 Å². The zero-order chi connectivity index (χ0) is 18.9. The molecule has 0 amide bonds. The van der Waals surface area contributed by atoms with Gasteiger partial charge in [0.1, 0.15) is 18.0 Å². The lowest BCUT2D eigenvalue weighted by Gasteiger charge is -2.62. The molecule has 0 heterocycles. The first-order chi connectivity index (χ1) is 12.2. The lowest BCUT2D eigenvalue weighted by Crippen LogP contribution is -2.63. The van der Waals surface area contributed by atoms with Crippen molar-refractivity contribution in [3.63, 3.8) is 0 Å². The van der Waals surface area contributed by atoms with Crippen molar-refractivity contribution >= 4 is 11.6 Å². The first-order valence-electron chi connectivity index (χ1n) is 10.2. The fourth-order valence-electron chi connectivity index (χ4n) is 7.76. The molecule has 4 aliphatic rings. The Kier molecular flexibility index (Phi) is 4.18. The summed E-state index contributed by atoms with van der Waals surface area (Å²) < 4.78 is 0. The normalized spacial score (nSPS) is 53.6. The molecule has 0 bridgehead atoms. The molecule has 5 heteroatoms. The minimum Gasteiger partial charge on any atom is -0.393 e. The molecule has 4 rings (SSSR count). The smallest absolute Gasteiger partial charge is 0.190 e. The second kappa shape index (κ2) is 5.86. The minimum atomic E-state index is -1.53. The number of carbonyl (C=O) groups excluding carboxylic acids is 2. The van der Waals surface area contributed by atoms with Crippen molar-refractivity contribution in [1.82, 2.24) is 0 Å². The van der Waals surface area contributed by atoms with Crippen LogP contribution in [0, 0.1) is 34.5 Å². The number of fused-ring (bicyclic) bond motifs is 5. The Bertz CT molecular complexity index is 632. The van der Waals surface area contributed by atoms with Crippen LogP contribution in [0.1, 0.15) is 65.2 Å². The van der Waals surface area contributed by atoms with Gasteiger partial charge in [-0.1, -0.05) is 13.8 Å². The standard InChI is InChI=1S/C21H32O5/c1-19-7-5-13(23)9-12(19)3-4-14-15-6-8-21(26,17(25)11-22)20(15,2)10-16(24)18(14)19/h12,14-16,18,22,24,26H,3-11H2,1-2H3/t12-,14?,15?,16?,18?,19-,20-,21-/m0/s1. The number of hydrogen-bond acceptors (Lipinski definition) is 5. The minimum absolute atomic E-state index is 0.0285. The molecule has 3 N–H and O–H groups in total. The predicted octanol–water partition coefficient (Wildman–Crippen LogP) is 1.86. The molecular formula is C21H32O5. The monoisotopic (exact) mass is 364 g/mol. The molecule has 4 saturated carbocycles. The second-order valence-corrected chi connectivity index (χ2v) is 9.99. The van der Waals surface area contributed by atoms with Gasteiger partial charge in [0.05, 0.1) is 6.10 Å². The molecular weight excluding hydrogens is 332 g/mol. The molecule has 0 aromatic heterocycles. The van der Waals surface area contributed by atoms with Crippen LogP contribution in [0.25, 0.3) is 0 Å². The Morgan fingerprint density at radius 1 is 1.19 bits per heavy atom. The number of Topliss-reactive ketones (excluding diaryl/α,β-unsaturated/α-hetero) is 2. The molecule has 0 aromatic rings. The van der Waals surface area contributed by atoms with Gasteiger partial charge in [0.15, 0.2) is 5.78 Å². The van der Waals surface area contributed by atoms with E-state index in [9.17, 15) is 24.9 Å². The van der Waals surface area contributed by atoms with Crippen molar-refractivity contribution < 1.29 is 24.9 Å². The summed E-state index contributed by atoms with van der Waals surface area (Å²) in [5.41, 5.74) is -2.24. The van der Waals surface area contributed by atoms with E-state index >= 15 is 0 Å². The van der Waals surface area contributed by atoms with Crippen LogP contribution in [0.4, 0.5) is 0 Å². The molecule has 4 fully saturated rings. The van der Waals surface area contributed by atoms with Gasteiger partial charge >= 0.3 is 0 Å². The van der Waals surface area contributed by atoms with Gasteiger partial charge in [0, 0.05) is 18.3 Å². The van der Waals surface area contributed by atoms with Crippen LogP contribution in [0.5, 0.6) is 0 Å². The van der Waals surface area contributed by atoms with Crippen molar-refractivity contribution in [2.75, 3.05) is 6.61 Å². The van der Waals surface area contributed by atoms with Gasteiger partial charge in [0.2, 0.25) is 0 Å². The zero-order valence-electron chi connectivity index (χ0n) is 15.9. The van der Waals surface area contributed by atoms with E-state index in [1.54, 1.807) is 0 Å². The molecule has 4 unspecified atom stereocenters. The Morgan fingerprint density at radius 3 is 2.62 bits per heavy atom. The highest BCUT2D eigenvalue weighted by Crippen LogP contribution is 2.68. The summed E-state index contributed by atoms with van der Waals surface area (Å²) in [5.74, 6) is 0.800. The largest absolute Gasteiger partial charge is 0.393 e. The molecule has 146 valence electrons. The predicted molar refractivity (Wildman–Crippen MR) is 95.2 cm³/mol. The Hall–Kier alpha value is -0.780. The third kappa shape index (κ3) is 2.20. The SMILES string of the molecule is C[C@]12CC(O)C3C(CC[C@H]4CC(=O)CC[C@]34C)C1CC[C@]2(O)C(=O)CO. The van der Waals surface area contributed by atoms with Crippen LogP contribution in [-0.2, 0) is 9.59 Å². The van der Waals surface area contributed by atoms with Gasteiger partial charge in [-0.15, -0.1) is 0 Å². The van der Waals surface area contributed by atoms with Crippen LogP contribution < -0.4 is 0 Å². The van der Waals surface area contributed by atoms with Crippen LogP contribution in [-0.4, -0.2) is 45.2 Å². The maximum atomic E-state index is 12.4. The maximum absolute atomic E-state index is 12.4. The van der Waals surface area contributed by atoms with Crippen LogP contribution in [0.3, 0.4) is 0 Å². The zero-order valence-corrected chi connectivity index (χ0v) is 15.9. The topological polar surface area (TPSA) is 94.8 Å². The molecule has 5 nitrogen and oxygen atoms in total. The van der Waals surface area contributed by atoms with Crippen molar-refractivity contribution in [1.29, 1.82) is 0 Å². The highest BCUT2D eigenvalue weighted by atomic mass is 16.3. The lowest BCUT2D eigenvalue weighted by molar-refractivity contribution is -0.198. The summed E-state index contributed by atoms with van der Waals surface area (Å²) in [5, 5.41) is 31.8. The first kappa shape index (κ1) is 18.6. The van der Waals surface area contributed by atoms with Crippen LogP contribution in [0.15, 0.2) is 0 Å². The van der Waals surface area contributed by atoms with Crippen molar-refractivity contribution in [2.45, 2.75) is 76.9 Å². The van der Waals surface area contributed by atoms with E-state index in [4.69, 9.17) is 0 Å². The molecule has 8 atom stereocenters. The summed E-state index contributed by atoms with van der Waals surface area (Å²) in [6.07, 6.45) is 5.02. The summed E-state index contributed by atoms with van der Waals surface area (Å²) >= 11 is 0. The number of ketones is 2. The van der Waals surface area contributed by atoms with E-state index in [1.165, 1.54) is 0 Å². The maximum Gasteiger partial charge on any atom is 0.190 e. The number of rotatable bonds is 2. The summed E-state index contributed by atoms with van der Waals surface area (Å²) in [4.78, 5) is 24.3. The third-order valence-electron chi connectivity index (χ3n) is 9.17. The number of carbonyl (C=O) groups is 2. The average Bonchev–Trinajstić information content (AvgIpc) is 2.86. The van der Waals surface area contributed by atoms with Gasteiger partial charge < -0.3 is 15.3 Å². The highest BCUT2D eigenvalue weighted by molar-refractivity contribution is 5.89. The molecule has 0 radical (unpaired) electrons. The quantitative estimate of drug-likeness (QED) is 0.695. The van der Waals surface area contributed by atoms with E-state index < -0.39 is 29.5 Å². The fourth-order valence-corrected chi connectivity index (χ4v) is 7.76.